The first-order valence-electron chi connectivity index (χ1n) is 11.4. The molecule has 2 aromatic carbocycles. The van der Waals surface area contributed by atoms with Crippen LogP contribution in [0.15, 0.2) is 52.7 Å². The molecule has 37 heavy (non-hydrogen) atoms. The second kappa shape index (κ2) is 12.9. The third kappa shape index (κ3) is 6.48. The highest BCUT2D eigenvalue weighted by Gasteiger charge is 2.32. The number of para-hydroxylation sites is 2. The highest BCUT2D eigenvalue weighted by molar-refractivity contribution is 8.14. The van der Waals surface area contributed by atoms with E-state index in [1.54, 1.807) is 45.2 Å². The van der Waals surface area contributed by atoms with Crippen molar-refractivity contribution >= 4 is 34.5 Å². The van der Waals surface area contributed by atoms with Crippen LogP contribution in [0.3, 0.4) is 0 Å². The average molecular weight is 530 g/mol. The average Bonchev–Trinajstić information content (AvgIpc) is 2.90. The smallest absolute Gasteiger partial charge is 0.338 e. The summed E-state index contributed by atoms with van der Waals surface area (Å²) in [5.41, 5.74) is 2.12. The largest absolute Gasteiger partial charge is 0.495 e. The van der Waals surface area contributed by atoms with Crippen LogP contribution < -0.4 is 29.6 Å². The first kappa shape index (κ1) is 27.7. The van der Waals surface area contributed by atoms with E-state index in [-0.39, 0.29) is 18.3 Å². The van der Waals surface area contributed by atoms with Gasteiger partial charge in [-0.25, -0.2) is 9.79 Å². The molecule has 3 rings (SSSR count). The van der Waals surface area contributed by atoms with Crippen molar-refractivity contribution < 1.29 is 33.3 Å². The number of hydrogen-bond acceptors (Lipinski definition) is 10. The Hall–Kier alpha value is -3.86. The zero-order valence-corrected chi connectivity index (χ0v) is 22.5. The minimum absolute atomic E-state index is 0.0773. The fourth-order valence-electron chi connectivity index (χ4n) is 3.76. The van der Waals surface area contributed by atoms with Crippen LogP contribution in [-0.4, -0.2) is 57.8 Å². The van der Waals surface area contributed by atoms with Crippen LogP contribution in [0.4, 0.5) is 5.69 Å². The molecule has 0 aliphatic carbocycles. The number of esters is 1. The van der Waals surface area contributed by atoms with Crippen LogP contribution in [0, 0.1) is 0 Å². The molecule has 0 saturated carbocycles. The molecule has 0 radical (unpaired) electrons. The number of aliphatic imine (C=N–C) groups is 1. The van der Waals surface area contributed by atoms with Gasteiger partial charge in [0.2, 0.25) is 11.7 Å². The molecule has 10 nitrogen and oxygen atoms in total. The first-order valence-corrected chi connectivity index (χ1v) is 12.4. The Morgan fingerprint density at radius 3 is 2.24 bits per heavy atom. The molecule has 1 amide bonds. The maximum atomic E-state index is 12.9. The molecule has 1 atom stereocenters. The van der Waals surface area contributed by atoms with E-state index in [4.69, 9.17) is 28.7 Å². The summed E-state index contributed by atoms with van der Waals surface area (Å²) in [4.78, 5) is 30.3. The molecule has 1 heterocycles. The Kier molecular flexibility index (Phi) is 9.67. The van der Waals surface area contributed by atoms with Crippen LogP contribution in [0.1, 0.15) is 25.5 Å². The predicted molar refractivity (Wildman–Crippen MR) is 143 cm³/mol. The second-order valence-electron chi connectivity index (χ2n) is 7.72. The minimum Gasteiger partial charge on any atom is -0.495 e. The lowest BCUT2D eigenvalue weighted by molar-refractivity contribution is -0.139. The number of hydrogen-bond donors (Lipinski definition) is 2. The van der Waals surface area contributed by atoms with Crippen molar-refractivity contribution in [2.75, 3.05) is 46.1 Å². The lowest BCUT2D eigenvalue weighted by Crippen LogP contribution is -2.31. The van der Waals surface area contributed by atoms with Crippen LogP contribution in [-0.2, 0) is 14.3 Å². The van der Waals surface area contributed by atoms with Gasteiger partial charge >= 0.3 is 5.97 Å². The number of amides is 1. The van der Waals surface area contributed by atoms with Crippen molar-refractivity contribution in [1.82, 2.24) is 5.32 Å². The lowest BCUT2D eigenvalue weighted by atomic mass is 9.96. The molecule has 0 aromatic heterocycles. The summed E-state index contributed by atoms with van der Waals surface area (Å²) in [5, 5.41) is 6.44. The van der Waals surface area contributed by atoms with Crippen molar-refractivity contribution in [2.24, 2.45) is 4.99 Å². The van der Waals surface area contributed by atoms with E-state index >= 15 is 0 Å². The van der Waals surface area contributed by atoms with Crippen molar-refractivity contribution in [1.29, 1.82) is 0 Å². The van der Waals surface area contributed by atoms with Crippen LogP contribution in [0.2, 0.25) is 0 Å². The van der Waals surface area contributed by atoms with Crippen molar-refractivity contribution in [3.63, 3.8) is 0 Å². The molecule has 0 bridgehead atoms. The van der Waals surface area contributed by atoms with E-state index < -0.39 is 12.0 Å². The van der Waals surface area contributed by atoms with Gasteiger partial charge in [-0.15, -0.1) is 0 Å². The number of benzene rings is 2. The van der Waals surface area contributed by atoms with Gasteiger partial charge in [0.25, 0.3) is 0 Å². The lowest BCUT2D eigenvalue weighted by Gasteiger charge is -2.26. The Balaban J connectivity index is 1.91. The number of ether oxygens (including phenoxy) is 5. The fraction of sp³-hybridized carbons (Fsp3) is 0.346. The number of rotatable bonds is 10. The zero-order valence-electron chi connectivity index (χ0n) is 21.7. The Morgan fingerprint density at radius 2 is 1.65 bits per heavy atom. The molecule has 0 spiro atoms. The van der Waals surface area contributed by atoms with Crippen molar-refractivity contribution in [2.45, 2.75) is 19.9 Å². The van der Waals surface area contributed by atoms with Crippen LogP contribution in [0.25, 0.3) is 0 Å². The van der Waals surface area contributed by atoms with Gasteiger partial charge in [-0.3, -0.25) is 4.79 Å². The van der Waals surface area contributed by atoms with Crippen LogP contribution >= 0.6 is 11.8 Å². The number of carbonyl (C=O) groups is 2. The third-order valence-electron chi connectivity index (χ3n) is 5.44. The number of allylic oxidation sites excluding steroid dienone is 1. The topological polar surface area (TPSA) is 117 Å². The van der Waals surface area contributed by atoms with E-state index in [1.807, 2.05) is 12.1 Å². The maximum Gasteiger partial charge on any atom is 0.338 e. The molecule has 11 heteroatoms. The quantitative estimate of drug-likeness (QED) is 0.442. The maximum absolute atomic E-state index is 12.9. The molecule has 198 valence electrons. The second-order valence-corrected chi connectivity index (χ2v) is 8.68. The number of anilines is 1. The summed E-state index contributed by atoms with van der Waals surface area (Å²) in [6, 6.07) is 9.91. The molecule has 1 aliphatic rings. The Morgan fingerprint density at radius 1 is 1.00 bits per heavy atom. The van der Waals surface area contributed by atoms with E-state index in [2.05, 4.69) is 10.6 Å². The van der Waals surface area contributed by atoms with Crippen molar-refractivity contribution in [3.8, 4) is 23.0 Å². The highest BCUT2D eigenvalue weighted by atomic mass is 32.2. The number of amidine groups is 1. The standard InChI is InChI=1S/C26H31N3O7S/c1-7-36-25(31)22-15(2)27-26(37-14-21(30)28-17-10-8-9-11-18(17)32-3)29-23(22)16-12-19(33-4)24(35-6)20(13-16)34-5/h8-13,23H,7,14H2,1-6H3,(H,27,29)(H,28,30)/t23-/m1/s1. The molecule has 2 aromatic rings. The van der Waals surface area contributed by atoms with Gasteiger partial charge < -0.3 is 34.3 Å². The summed E-state index contributed by atoms with van der Waals surface area (Å²) in [7, 11) is 6.09. The van der Waals surface area contributed by atoms with Crippen LogP contribution in [0.5, 0.6) is 23.0 Å². The summed E-state index contributed by atoms with van der Waals surface area (Å²) in [6.45, 7) is 3.72. The summed E-state index contributed by atoms with van der Waals surface area (Å²) in [6.07, 6.45) is 0. The Bertz CT molecular complexity index is 1190. The van der Waals surface area contributed by atoms with Gasteiger partial charge in [0.05, 0.1) is 52.1 Å². The summed E-state index contributed by atoms with van der Waals surface area (Å²) >= 11 is 1.21. The molecular formula is C26H31N3O7S. The van der Waals surface area contributed by atoms with Crippen molar-refractivity contribution in [3.05, 3.63) is 53.2 Å². The van der Waals surface area contributed by atoms with E-state index in [0.717, 1.165) is 0 Å². The number of carbonyl (C=O) groups excluding carboxylic acids is 2. The highest BCUT2D eigenvalue weighted by Crippen LogP contribution is 2.43. The first-order chi connectivity index (χ1) is 17.9. The number of nitrogens with one attached hydrogen (secondary N) is 2. The van der Waals surface area contributed by atoms with Gasteiger partial charge in [0.15, 0.2) is 16.7 Å². The van der Waals surface area contributed by atoms with Gasteiger partial charge in [0.1, 0.15) is 11.8 Å². The minimum atomic E-state index is -0.728. The molecule has 0 unspecified atom stereocenters. The molecule has 0 saturated heterocycles. The normalized spacial score (nSPS) is 14.8. The van der Waals surface area contributed by atoms with E-state index in [9.17, 15) is 9.59 Å². The van der Waals surface area contributed by atoms with E-state index in [0.29, 0.717) is 50.7 Å². The molecular weight excluding hydrogens is 498 g/mol. The number of methoxy groups -OCH3 is 4. The van der Waals surface area contributed by atoms with Gasteiger partial charge in [-0.1, -0.05) is 23.9 Å². The summed E-state index contributed by atoms with van der Waals surface area (Å²) < 4.78 is 27.0. The molecule has 1 aliphatic heterocycles. The predicted octanol–water partition coefficient (Wildman–Crippen LogP) is 3.93. The molecule has 0 fully saturated rings. The zero-order chi connectivity index (χ0) is 26.9. The third-order valence-corrected chi connectivity index (χ3v) is 6.32. The fourth-order valence-corrected chi connectivity index (χ4v) is 4.51. The SMILES string of the molecule is CCOC(=O)C1=C(C)NC(SCC(=O)Nc2ccccc2OC)=N[C@@H]1c1cc(OC)c(OC)c(OC)c1. The molecule has 2 N–H and O–H groups in total. The number of thioether (sulfide) groups is 1. The van der Waals surface area contributed by atoms with Gasteiger partial charge in [0, 0.05) is 5.70 Å². The van der Waals surface area contributed by atoms with Gasteiger partial charge in [-0.05, 0) is 43.7 Å². The Labute approximate surface area is 220 Å². The van der Waals surface area contributed by atoms with Gasteiger partial charge in [-0.2, -0.15) is 0 Å². The summed E-state index contributed by atoms with van der Waals surface area (Å²) in [5.74, 6) is 1.19. The van der Waals surface area contributed by atoms with E-state index in [1.165, 1.54) is 33.1 Å². The number of nitrogens with zero attached hydrogens (tertiary/aromatic N) is 1. The monoisotopic (exact) mass is 529 g/mol.